The van der Waals surface area contributed by atoms with Crippen LogP contribution in [-0.4, -0.2) is 27.2 Å². The number of aryl methyl sites for hydroxylation is 2. The summed E-state index contributed by atoms with van der Waals surface area (Å²) in [6.45, 7) is 2.34. The van der Waals surface area contributed by atoms with Crippen molar-refractivity contribution < 1.29 is 4.79 Å². The number of carbonyl (C=O) groups is 1. The summed E-state index contributed by atoms with van der Waals surface area (Å²) in [6.07, 6.45) is 2.58. The summed E-state index contributed by atoms with van der Waals surface area (Å²) >= 11 is 5.82. The molecule has 0 unspecified atom stereocenters. The molecule has 0 aromatic carbocycles. The number of pyridine rings is 1. The molecule has 2 aromatic heterocycles. The summed E-state index contributed by atoms with van der Waals surface area (Å²) < 4.78 is 1.74. The molecule has 0 fully saturated rings. The van der Waals surface area contributed by atoms with Gasteiger partial charge in [-0.25, -0.2) is 4.98 Å². The van der Waals surface area contributed by atoms with Crippen molar-refractivity contribution in [3.8, 4) is 0 Å². The van der Waals surface area contributed by atoms with Gasteiger partial charge in [-0.3, -0.25) is 9.48 Å². The standard InChI is InChI=1S/C13H15ClN4O/c1-9-7-10(8-12(14)16-9)13(19)15-5-3-11-4-6-18(2)17-11/h4,6-8H,3,5H2,1-2H3,(H,15,19). The molecule has 19 heavy (non-hydrogen) atoms. The zero-order valence-corrected chi connectivity index (χ0v) is 11.6. The van der Waals surface area contributed by atoms with Crippen LogP contribution in [-0.2, 0) is 13.5 Å². The van der Waals surface area contributed by atoms with Crippen LogP contribution in [0.2, 0.25) is 5.15 Å². The second-order valence-corrected chi connectivity index (χ2v) is 4.69. The van der Waals surface area contributed by atoms with Gasteiger partial charge in [-0.1, -0.05) is 11.6 Å². The molecule has 0 radical (unpaired) electrons. The van der Waals surface area contributed by atoms with Gasteiger partial charge in [0.15, 0.2) is 0 Å². The molecule has 1 N–H and O–H groups in total. The Balaban J connectivity index is 1.90. The highest BCUT2D eigenvalue weighted by atomic mass is 35.5. The third-order valence-electron chi connectivity index (χ3n) is 2.62. The highest BCUT2D eigenvalue weighted by Gasteiger charge is 2.07. The molecule has 0 aliphatic carbocycles. The molecule has 6 heteroatoms. The van der Waals surface area contributed by atoms with Crippen molar-refractivity contribution in [3.63, 3.8) is 0 Å². The topological polar surface area (TPSA) is 59.8 Å². The monoisotopic (exact) mass is 278 g/mol. The molecule has 5 nitrogen and oxygen atoms in total. The lowest BCUT2D eigenvalue weighted by molar-refractivity contribution is 0.0954. The fraction of sp³-hybridized carbons (Fsp3) is 0.308. The Labute approximate surface area is 116 Å². The summed E-state index contributed by atoms with van der Waals surface area (Å²) in [5.74, 6) is -0.150. The SMILES string of the molecule is Cc1cc(C(=O)NCCc2ccn(C)n2)cc(Cl)n1. The lowest BCUT2D eigenvalue weighted by Gasteiger charge is -2.05. The third kappa shape index (κ3) is 3.79. The van der Waals surface area contributed by atoms with Gasteiger partial charge in [0.05, 0.1) is 5.69 Å². The van der Waals surface area contributed by atoms with Crippen molar-refractivity contribution in [2.75, 3.05) is 6.54 Å². The van der Waals surface area contributed by atoms with E-state index in [4.69, 9.17) is 11.6 Å². The normalized spacial score (nSPS) is 10.5. The van der Waals surface area contributed by atoms with E-state index in [2.05, 4.69) is 15.4 Å². The number of amides is 1. The molecule has 0 aliphatic heterocycles. The van der Waals surface area contributed by atoms with E-state index in [0.717, 1.165) is 11.4 Å². The van der Waals surface area contributed by atoms with E-state index in [1.807, 2.05) is 19.3 Å². The third-order valence-corrected chi connectivity index (χ3v) is 2.81. The summed E-state index contributed by atoms with van der Waals surface area (Å²) in [6, 6.07) is 5.20. The molecule has 2 heterocycles. The van der Waals surface area contributed by atoms with Gasteiger partial charge >= 0.3 is 0 Å². The predicted molar refractivity (Wildman–Crippen MR) is 73.2 cm³/mol. The van der Waals surface area contributed by atoms with E-state index in [1.54, 1.807) is 23.7 Å². The van der Waals surface area contributed by atoms with Crippen molar-refractivity contribution in [1.29, 1.82) is 0 Å². The average Bonchev–Trinajstić information content (AvgIpc) is 2.73. The predicted octanol–water partition coefficient (Wildman–Crippen LogP) is 1.75. The van der Waals surface area contributed by atoms with E-state index in [1.165, 1.54) is 0 Å². The maximum absolute atomic E-state index is 11.9. The largest absolute Gasteiger partial charge is 0.352 e. The Bertz CT molecular complexity index is 574. The van der Waals surface area contributed by atoms with Crippen LogP contribution >= 0.6 is 11.6 Å². The second-order valence-electron chi connectivity index (χ2n) is 4.31. The molecule has 0 aliphatic rings. The lowest BCUT2D eigenvalue weighted by atomic mass is 10.2. The van der Waals surface area contributed by atoms with Crippen molar-refractivity contribution >= 4 is 17.5 Å². The van der Waals surface area contributed by atoms with E-state index in [-0.39, 0.29) is 5.91 Å². The zero-order chi connectivity index (χ0) is 13.8. The first-order chi connectivity index (χ1) is 9.04. The summed E-state index contributed by atoms with van der Waals surface area (Å²) in [5.41, 5.74) is 2.20. The van der Waals surface area contributed by atoms with Gasteiger partial charge in [0, 0.05) is 37.5 Å². The molecule has 0 saturated carbocycles. The minimum absolute atomic E-state index is 0.150. The van der Waals surface area contributed by atoms with E-state index < -0.39 is 0 Å². The van der Waals surface area contributed by atoms with E-state index in [9.17, 15) is 4.79 Å². The Kier molecular flexibility index (Phi) is 4.16. The minimum atomic E-state index is -0.150. The number of hydrogen-bond acceptors (Lipinski definition) is 3. The number of nitrogens with one attached hydrogen (secondary N) is 1. The van der Waals surface area contributed by atoms with E-state index in [0.29, 0.717) is 23.7 Å². The smallest absolute Gasteiger partial charge is 0.251 e. The van der Waals surface area contributed by atoms with Gasteiger partial charge in [0.1, 0.15) is 5.15 Å². The Morgan fingerprint density at radius 2 is 2.26 bits per heavy atom. The van der Waals surface area contributed by atoms with Crippen LogP contribution in [0.25, 0.3) is 0 Å². The maximum Gasteiger partial charge on any atom is 0.251 e. The van der Waals surface area contributed by atoms with Crippen LogP contribution in [0.5, 0.6) is 0 Å². The number of carbonyl (C=O) groups excluding carboxylic acids is 1. The molecule has 1 amide bonds. The number of nitrogens with zero attached hydrogens (tertiary/aromatic N) is 3. The highest BCUT2D eigenvalue weighted by Crippen LogP contribution is 2.10. The minimum Gasteiger partial charge on any atom is -0.352 e. The number of rotatable bonds is 4. The quantitative estimate of drug-likeness (QED) is 0.867. The average molecular weight is 279 g/mol. The van der Waals surface area contributed by atoms with Crippen LogP contribution in [0.1, 0.15) is 21.7 Å². The van der Waals surface area contributed by atoms with Gasteiger partial charge in [-0.2, -0.15) is 5.10 Å². The number of aromatic nitrogens is 3. The van der Waals surface area contributed by atoms with Crippen LogP contribution in [0.4, 0.5) is 0 Å². The molecule has 0 saturated heterocycles. The second kappa shape index (κ2) is 5.84. The van der Waals surface area contributed by atoms with Crippen molar-refractivity contribution in [2.24, 2.45) is 7.05 Å². The molecule has 0 spiro atoms. The van der Waals surface area contributed by atoms with Crippen LogP contribution < -0.4 is 5.32 Å². The van der Waals surface area contributed by atoms with Gasteiger partial charge in [0.25, 0.3) is 5.91 Å². The zero-order valence-electron chi connectivity index (χ0n) is 10.9. The summed E-state index contributed by atoms with van der Waals surface area (Å²) in [7, 11) is 1.86. The van der Waals surface area contributed by atoms with E-state index >= 15 is 0 Å². The van der Waals surface area contributed by atoms with Gasteiger partial charge in [-0.15, -0.1) is 0 Å². The van der Waals surface area contributed by atoms with Crippen molar-refractivity contribution in [3.05, 3.63) is 46.5 Å². The van der Waals surface area contributed by atoms with Crippen LogP contribution in [0, 0.1) is 6.92 Å². The molecular weight excluding hydrogens is 264 g/mol. The molecule has 100 valence electrons. The summed E-state index contributed by atoms with van der Waals surface area (Å²) in [4.78, 5) is 15.9. The number of hydrogen-bond donors (Lipinski definition) is 1. The lowest BCUT2D eigenvalue weighted by Crippen LogP contribution is -2.26. The molecule has 0 bridgehead atoms. The fourth-order valence-corrected chi connectivity index (χ4v) is 2.01. The van der Waals surface area contributed by atoms with Crippen LogP contribution in [0.15, 0.2) is 24.4 Å². The first kappa shape index (κ1) is 13.5. The van der Waals surface area contributed by atoms with Crippen LogP contribution in [0.3, 0.4) is 0 Å². The number of halogens is 1. The van der Waals surface area contributed by atoms with Crippen molar-refractivity contribution in [1.82, 2.24) is 20.1 Å². The highest BCUT2D eigenvalue weighted by molar-refractivity contribution is 6.29. The fourth-order valence-electron chi connectivity index (χ4n) is 1.76. The molecule has 0 atom stereocenters. The molecule has 2 rings (SSSR count). The molecular formula is C13H15ClN4O. The maximum atomic E-state index is 11.9. The Morgan fingerprint density at radius 3 is 2.89 bits per heavy atom. The molecule has 2 aromatic rings. The van der Waals surface area contributed by atoms with Crippen molar-refractivity contribution in [2.45, 2.75) is 13.3 Å². The van der Waals surface area contributed by atoms with Gasteiger partial charge in [0.2, 0.25) is 0 Å². The van der Waals surface area contributed by atoms with Gasteiger partial charge < -0.3 is 5.32 Å². The Hall–Kier alpha value is -1.88. The first-order valence-corrected chi connectivity index (χ1v) is 6.33. The summed E-state index contributed by atoms with van der Waals surface area (Å²) in [5, 5.41) is 7.41. The van der Waals surface area contributed by atoms with Gasteiger partial charge in [-0.05, 0) is 25.1 Å². The first-order valence-electron chi connectivity index (χ1n) is 5.95. The Morgan fingerprint density at radius 1 is 1.47 bits per heavy atom.